The van der Waals surface area contributed by atoms with Gasteiger partial charge in [0.05, 0.1) is 0 Å². The summed E-state index contributed by atoms with van der Waals surface area (Å²) in [5.74, 6) is 0.738. The predicted octanol–water partition coefficient (Wildman–Crippen LogP) is 3.90. The number of nitrogens with zero attached hydrogens (tertiary/aromatic N) is 2. The number of hydrogen-bond acceptors (Lipinski definition) is 2. The van der Waals surface area contributed by atoms with Crippen molar-refractivity contribution < 1.29 is 4.79 Å². The van der Waals surface area contributed by atoms with Gasteiger partial charge in [-0.25, -0.2) is 4.98 Å². The molecule has 0 unspecified atom stereocenters. The molecular weight excluding hydrogens is 284 g/mol. The Morgan fingerprint density at radius 3 is 2.71 bits per heavy atom. The molecule has 1 aromatic heterocycles. The number of carbonyl (C=O) groups is 1. The van der Waals surface area contributed by atoms with Crippen molar-refractivity contribution >= 4 is 28.3 Å². The second-order valence-corrected chi connectivity index (χ2v) is 6.51. The molecular formula is C17H17ClN2O. The first-order valence-electron chi connectivity index (χ1n) is 7.58. The molecule has 4 heteroatoms. The maximum absolute atomic E-state index is 12.8. The third-order valence-electron chi connectivity index (χ3n) is 4.31. The van der Waals surface area contributed by atoms with E-state index in [1.54, 1.807) is 0 Å². The lowest BCUT2D eigenvalue weighted by atomic mass is 10.1. The van der Waals surface area contributed by atoms with Crippen LogP contribution in [0.4, 0.5) is 0 Å². The van der Waals surface area contributed by atoms with Crippen molar-refractivity contribution in [3.05, 3.63) is 41.2 Å². The standard InChI is InChI=1S/C17H17ClN2O/c18-16-14-4-2-1-3-12(14)9-15(19-16)17(21)20(13-7-8-13)10-11-5-6-11/h1-4,9,11,13H,5-8,10H2. The lowest BCUT2D eigenvalue weighted by Crippen LogP contribution is -2.35. The fraction of sp³-hybridized carbons (Fsp3) is 0.412. The Bertz CT molecular complexity index is 707. The van der Waals surface area contributed by atoms with Gasteiger partial charge < -0.3 is 4.90 Å². The van der Waals surface area contributed by atoms with E-state index in [1.807, 2.05) is 35.2 Å². The van der Waals surface area contributed by atoms with Gasteiger partial charge in [-0.05, 0) is 43.1 Å². The van der Waals surface area contributed by atoms with Crippen LogP contribution < -0.4 is 0 Å². The minimum atomic E-state index is 0.0389. The Morgan fingerprint density at radius 2 is 2.00 bits per heavy atom. The average Bonchev–Trinajstić information content (AvgIpc) is 3.37. The highest BCUT2D eigenvalue weighted by molar-refractivity contribution is 6.34. The fourth-order valence-corrected chi connectivity index (χ4v) is 3.04. The number of pyridine rings is 1. The van der Waals surface area contributed by atoms with Crippen molar-refractivity contribution in [2.75, 3.05) is 6.54 Å². The summed E-state index contributed by atoms with van der Waals surface area (Å²) in [5.41, 5.74) is 0.478. The Labute approximate surface area is 128 Å². The number of fused-ring (bicyclic) bond motifs is 1. The Balaban J connectivity index is 1.68. The number of aromatic nitrogens is 1. The Morgan fingerprint density at radius 1 is 1.24 bits per heavy atom. The van der Waals surface area contributed by atoms with E-state index in [2.05, 4.69) is 4.98 Å². The molecule has 3 nitrogen and oxygen atoms in total. The van der Waals surface area contributed by atoms with Crippen molar-refractivity contribution in [3.8, 4) is 0 Å². The molecule has 21 heavy (non-hydrogen) atoms. The first kappa shape index (κ1) is 13.1. The molecule has 1 heterocycles. The summed E-state index contributed by atoms with van der Waals surface area (Å²) in [6.07, 6.45) is 4.75. The van der Waals surface area contributed by atoms with Crippen LogP contribution in [0, 0.1) is 5.92 Å². The van der Waals surface area contributed by atoms with Crippen molar-refractivity contribution in [2.24, 2.45) is 5.92 Å². The third kappa shape index (κ3) is 2.62. The van der Waals surface area contributed by atoms with E-state index in [0.29, 0.717) is 22.8 Å². The number of hydrogen-bond donors (Lipinski definition) is 0. The van der Waals surface area contributed by atoms with Crippen LogP contribution in [-0.2, 0) is 0 Å². The van der Waals surface area contributed by atoms with Crippen molar-refractivity contribution in [1.29, 1.82) is 0 Å². The van der Waals surface area contributed by atoms with Gasteiger partial charge in [0, 0.05) is 18.0 Å². The fourth-order valence-electron chi connectivity index (χ4n) is 2.78. The monoisotopic (exact) mass is 300 g/mol. The zero-order chi connectivity index (χ0) is 14.4. The summed E-state index contributed by atoms with van der Waals surface area (Å²) in [6.45, 7) is 0.885. The van der Waals surface area contributed by atoms with Gasteiger partial charge >= 0.3 is 0 Å². The molecule has 2 aromatic rings. The molecule has 1 aromatic carbocycles. The van der Waals surface area contributed by atoms with Crippen molar-refractivity contribution in [3.63, 3.8) is 0 Å². The van der Waals surface area contributed by atoms with Gasteiger partial charge in [-0.1, -0.05) is 35.9 Å². The molecule has 0 aliphatic heterocycles. The minimum Gasteiger partial charge on any atom is -0.334 e. The normalized spacial score (nSPS) is 18.0. The van der Waals surface area contributed by atoms with E-state index in [9.17, 15) is 4.79 Å². The highest BCUT2D eigenvalue weighted by Gasteiger charge is 2.37. The molecule has 0 bridgehead atoms. The van der Waals surface area contributed by atoms with Crippen molar-refractivity contribution in [1.82, 2.24) is 9.88 Å². The van der Waals surface area contributed by atoms with Crippen LogP contribution in [0.25, 0.3) is 10.8 Å². The van der Waals surface area contributed by atoms with E-state index in [0.717, 1.165) is 30.2 Å². The number of amides is 1. The maximum atomic E-state index is 12.8. The summed E-state index contributed by atoms with van der Waals surface area (Å²) in [5, 5.41) is 2.29. The lowest BCUT2D eigenvalue weighted by Gasteiger charge is -2.22. The number of halogens is 1. The molecule has 0 radical (unpaired) electrons. The Hall–Kier alpha value is -1.61. The lowest BCUT2D eigenvalue weighted by molar-refractivity contribution is 0.0729. The second kappa shape index (κ2) is 4.99. The van der Waals surface area contributed by atoms with Gasteiger partial charge in [0.1, 0.15) is 10.8 Å². The quantitative estimate of drug-likeness (QED) is 0.802. The van der Waals surface area contributed by atoms with Gasteiger partial charge in [-0.3, -0.25) is 4.79 Å². The van der Waals surface area contributed by atoms with Gasteiger partial charge in [-0.15, -0.1) is 0 Å². The van der Waals surface area contributed by atoms with Crippen LogP contribution >= 0.6 is 11.6 Å². The van der Waals surface area contributed by atoms with E-state index in [1.165, 1.54) is 12.8 Å². The smallest absolute Gasteiger partial charge is 0.272 e. The Kier molecular flexibility index (Phi) is 3.11. The van der Waals surface area contributed by atoms with Gasteiger partial charge in [0.25, 0.3) is 5.91 Å². The van der Waals surface area contributed by atoms with Crippen LogP contribution in [0.2, 0.25) is 5.15 Å². The zero-order valence-corrected chi connectivity index (χ0v) is 12.5. The third-order valence-corrected chi connectivity index (χ3v) is 4.60. The second-order valence-electron chi connectivity index (χ2n) is 6.15. The van der Waals surface area contributed by atoms with Crippen LogP contribution in [0.5, 0.6) is 0 Å². The van der Waals surface area contributed by atoms with Crippen LogP contribution in [0.3, 0.4) is 0 Å². The zero-order valence-electron chi connectivity index (χ0n) is 11.8. The molecule has 0 N–H and O–H groups in total. The van der Waals surface area contributed by atoms with E-state index >= 15 is 0 Å². The van der Waals surface area contributed by atoms with Crippen LogP contribution in [0.15, 0.2) is 30.3 Å². The summed E-state index contributed by atoms with van der Waals surface area (Å²) >= 11 is 6.24. The molecule has 2 saturated carbocycles. The number of benzene rings is 1. The van der Waals surface area contributed by atoms with Gasteiger partial charge in [0.2, 0.25) is 0 Å². The van der Waals surface area contributed by atoms with E-state index < -0.39 is 0 Å². The molecule has 4 rings (SSSR count). The summed E-state index contributed by atoms with van der Waals surface area (Å²) in [6, 6.07) is 10.1. The molecule has 0 saturated heterocycles. The van der Waals surface area contributed by atoms with E-state index in [-0.39, 0.29) is 5.91 Å². The summed E-state index contributed by atoms with van der Waals surface area (Å²) in [4.78, 5) is 19.1. The molecule has 0 spiro atoms. The largest absolute Gasteiger partial charge is 0.334 e. The number of carbonyl (C=O) groups excluding carboxylic acids is 1. The van der Waals surface area contributed by atoms with Crippen LogP contribution in [-0.4, -0.2) is 28.4 Å². The first-order chi connectivity index (χ1) is 10.2. The molecule has 1 amide bonds. The molecule has 2 aliphatic carbocycles. The average molecular weight is 301 g/mol. The number of rotatable bonds is 4. The minimum absolute atomic E-state index is 0.0389. The van der Waals surface area contributed by atoms with Gasteiger partial charge in [-0.2, -0.15) is 0 Å². The SMILES string of the molecule is O=C(c1cc2ccccc2c(Cl)n1)N(CC1CC1)C1CC1. The molecule has 2 fully saturated rings. The first-order valence-corrected chi connectivity index (χ1v) is 7.96. The van der Waals surface area contributed by atoms with Crippen LogP contribution in [0.1, 0.15) is 36.2 Å². The molecule has 0 atom stereocenters. The summed E-state index contributed by atoms with van der Waals surface area (Å²) < 4.78 is 0. The maximum Gasteiger partial charge on any atom is 0.272 e. The topological polar surface area (TPSA) is 33.2 Å². The summed E-state index contributed by atoms with van der Waals surface area (Å²) in [7, 11) is 0. The highest BCUT2D eigenvalue weighted by atomic mass is 35.5. The predicted molar refractivity (Wildman–Crippen MR) is 83.5 cm³/mol. The van der Waals surface area contributed by atoms with Crippen molar-refractivity contribution in [2.45, 2.75) is 31.7 Å². The van der Waals surface area contributed by atoms with E-state index in [4.69, 9.17) is 11.6 Å². The molecule has 2 aliphatic rings. The highest BCUT2D eigenvalue weighted by Crippen LogP contribution is 2.36. The molecule has 108 valence electrons. The van der Waals surface area contributed by atoms with Gasteiger partial charge in [0.15, 0.2) is 0 Å².